The van der Waals surface area contributed by atoms with Gasteiger partial charge in [-0.15, -0.1) is 0 Å². The van der Waals surface area contributed by atoms with E-state index in [1.165, 1.54) is 23.1 Å². The molecular formula is C22H25FN6O4. The lowest BCUT2D eigenvalue weighted by Gasteiger charge is -2.38. The van der Waals surface area contributed by atoms with Crippen LogP contribution in [0.5, 0.6) is 5.75 Å². The Hall–Kier alpha value is -3.57. The Kier molecular flexibility index (Phi) is 6.52. The Labute approximate surface area is 189 Å². The van der Waals surface area contributed by atoms with Crippen LogP contribution in [0.4, 0.5) is 4.39 Å². The quantitative estimate of drug-likeness (QED) is 0.543. The minimum absolute atomic E-state index is 0.0953. The molecule has 0 saturated carbocycles. The van der Waals surface area contributed by atoms with Crippen LogP contribution in [0.1, 0.15) is 33.6 Å². The smallest absolute Gasteiger partial charge is 0.296 e. The molecule has 0 radical (unpaired) electrons. The predicted molar refractivity (Wildman–Crippen MR) is 116 cm³/mol. The molecule has 1 amide bonds. The van der Waals surface area contributed by atoms with Gasteiger partial charge in [0.2, 0.25) is 5.75 Å². The molecule has 2 aromatic heterocycles. The van der Waals surface area contributed by atoms with Gasteiger partial charge in [-0.2, -0.15) is 0 Å². The van der Waals surface area contributed by atoms with Crippen molar-refractivity contribution in [1.29, 1.82) is 0 Å². The predicted octanol–water partition coefficient (Wildman–Crippen LogP) is 1.12. The summed E-state index contributed by atoms with van der Waals surface area (Å²) in [5, 5.41) is 13.1. The molecule has 10 nitrogen and oxygen atoms in total. The number of benzene rings is 1. The summed E-state index contributed by atoms with van der Waals surface area (Å²) in [5.74, 6) is -1.36. The maximum Gasteiger partial charge on any atom is 0.296 e. The van der Waals surface area contributed by atoms with Crippen LogP contribution in [-0.2, 0) is 19.6 Å². The van der Waals surface area contributed by atoms with Crippen molar-refractivity contribution in [2.24, 2.45) is 0 Å². The number of aromatic nitrogens is 3. The van der Waals surface area contributed by atoms with E-state index in [1.807, 2.05) is 19.0 Å². The van der Waals surface area contributed by atoms with Gasteiger partial charge in [-0.25, -0.2) is 14.4 Å². The highest BCUT2D eigenvalue weighted by Crippen LogP contribution is 2.27. The van der Waals surface area contributed by atoms with Gasteiger partial charge in [0.25, 0.3) is 11.5 Å². The molecule has 174 valence electrons. The number of aromatic hydroxyl groups is 1. The summed E-state index contributed by atoms with van der Waals surface area (Å²) >= 11 is 0. The van der Waals surface area contributed by atoms with Crippen LogP contribution in [0.25, 0.3) is 0 Å². The molecule has 3 aromatic rings. The van der Waals surface area contributed by atoms with Crippen molar-refractivity contribution in [2.75, 3.05) is 27.2 Å². The van der Waals surface area contributed by atoms with E-state index in [2.05, 4.69) is 20.2 Å². The van der Waals surface area contributed by atoms with Crippen LogP contribution in [0, 0.1) is 5.82 Å². The lowest BCUT2D eigenvalue weighted by Crippen LogP contribution is -2.47. The molecule has 1 aromatic carbocycles. The first-order valence-corrected chi connectivity index (χ1v) is 10.5. The van der Waals surface area contributed by atoms with Gasteiger partial charge >= 0.3 is 0 Å². The molecule has 2 N–H and O–H groups in total. The first-order chi connectivity index (χ1) is 15.8. The van der Waals surface area contributed by atoms with Crippen LogP contribution in [0.15, 0.2) is 46.1 Å². The molecule has 1 atom stereocenters. The van der Waals surface area contributed by atoms with Crippen molar-refractivity contribution in [3.05, 3.63) is 75.9 Å². The van der Waals surface area contributed by atoms with Gasteiger partial charge in [0.05, 0.1) is 11.7 Å². The van der Waals surface area contributed by atoms with E-state index in [9.17, 15) is 19.1 Å². The zero-order chi connectivity index (χ0) is 23.5. The third kappa shape index (κ3) is 4.94. The number of hydrogen-bond acceptors (Lipinski definition) is 8. The normalized spacial score (nSPS) is 16.1. The minimum Gasteiger partial charge on any atom is -0.501 e. The molecule has 1 unspecified atom stereocenters. The molecule has 0 saturated heterocycles. The Balaban J connectivity index is 1.64. The third-order valence-corrected chi connectivity index (χ3v) is 5.49. The molecule has 33 heavy (non-hydrogen) atoms. The zero-order valence-corrected chi connectivity index (χ0v) is 18.4. The second-order valence-corrected chi connectivity index (χ2v) is 8.16. The third-order valence-electron chi connectivity index (χ3n) is 5.49. The second kappa shape index (κ2) is 9.51. The van der Waals surface area contributed by atoms with Crippen molar-refractivity contribution < 1.29 is 18.7 Å². The number of oxazole rings is 1. The summed E-state index contributed by atoms with van der Waals surface area (Å²) in [7, 11) is 3.81. The average molecular weight is 456 g/mol. The number of rotatable bonds is 7. The molecule has 4 rings (SSSR count). The SMILES string of the molecule is CN(C)CC1c2nc(C(=O)NCc3ccc(F)cc3)c(O)c(=O)n2CCN1Cc1cocn1. The fourth-order valence-corrected chi connectivity index (χ4v) is 3.86. The van der Waals surface area contributed by atoms with Crippen molar-refractivity contribution in [3.8, 4) is 5.75 Å². The van der Waals surface area contributed by atoms with Crippen LogP contribution in [-0.4, -0.2) is 62.5 Å². The molecule has 1 aliphatic rings. The lowest BCUT2D eigenvalue weighted by molar-refractivity contribution is 0.0929. The van der Waals surface area contributed by atoms with E-state index in [0.717, 1.165) is 5.69 Å². The van der Waals surface area contributed by atoms with E-state index in [4.69, 9.17) is 4.42 Å². The summed E-state index contributed by atoms with van der Waals surface area (Å²) < 4.78 is 19.6. The molecule has 1 aliphatic heterocycles. The zero-order valence-electron chi connectivity index (χ0n) is 18.4. The summed E-state index contributed by atoms with van der Waals surface area (Å²) in [5.41, 5.74) is 0.422. The van der Waals surface area contributed by atoms with Gasteiger partial charge in [0.15, 0.2) is 12.1 Å². The molecule has 0 bridgehead atoms. The van der Waals surface area contributed by atoms with Gasteiger partial charge < -0.3 is 19.7 Å². The van der Waals surface area contributed by atoms with Crippen molar-refractivity contribution in [3.63, 3.8) is 0 Å². The monoisotopic (exact) mass is 456 g/mol. The van der Waals surface area contributed by atoms with Gasteiger partial charge in [-0.05, 0) is 31.8 Å². The maximum absolute atomic E-state index is 13.1. The van der Waals surface area contributed by atoms with Gasteiger partial charge in [0, 0.05) is 32.7 Å². The topological polar surface area (TPSA) is 117 Å². The Morgan fingerprint density at radius 1 is 1.30 bits per heavy atom. The van der Waals surface area contributed by atoms with Crippen LogP contribution in [0.3, 0.4) is 0 Å². The van der Waals surface area contributed by atoms with Crippen LogP contribution in [0.2, 0.25) is 0 Å². The summed E-state index contributed by atoms with van der Waals surface area (Å²) in [4.78, 5) is 38.4. The standard InChI is InChI=1S/C22H25FN6O4/c1-27(2)11-17-20-26-18(21(31)24-9-14-3-5-15(23)6-4-14)19(30)22(32)29(20)8-7-28(17)10-16-12-33-13-25-16/h3-6,12-13,17,30H,7-11H2,1-2H3,(H,24,31). The van der Waals surface area contributed by atoms with E-state index in [-0.39, 0.29) is 24.1 Å². The minimum atomic E-state index is -0.691. The lowest BCUT2D eigenvalue weighted by atomic mass is 10.1. The number of fused-ring (bicyclic) bond motifs is 1. The fourth-order valence-electron chi connectivity index (χ4n) is 3.86. The van der Waals surface area contributed by atoms with E-state index in [0.29, 0.717) is 37.6 Å². The molecule has 11 heteroatoms. The molecule has 0 aliphatic carbocycles. The first kappa shape index (κ1) is 22.6. The van der Waals surface area contributed by atoms with E-state index < -0.39 is 17.2 Å². The van der Waals surface area contributed by atoms with Crippen molar-refractivity contribution in [2.45, 2.75) is 25.7 Å². The number of nitrogens with zero attached hydrogens (tertiary/aromatic N) is 5. The maximum atomic E-state index is 13.1. The number of amides is 1. The van der Waals surface area contributed by atoms with E-state index in [1.54, 1.807) is 18.4 Å². The highest BCUT2D eigenvalue weighted by atomic mass is 19.1. The number of hydrogen-bond donors (Lipinski definition) is 2. The number of nitrogens with one attached hydrogen (secondary N) is 1. The van der Waals surface area contributed by atoms with E-state index >= 15 is 0 Å². The number of carbonyl (C=O) groups excluding carboxylic acids is 1. The number of likely N-dealkylation sites (N-methyl/N-ethyl adjacent to an activating group) is 1. The molecule has 0 fully saturated rings. The number of halogens is 1. The molecular weight excluding hydrogens is 431 g/mol. The highest BCUT2D eigenvalue weighted by molar-refractivity contribution is 5.94. The summed E-state index contributed by atoms with van der Waals surface area (Å²) in [6, 6.07) is 5.34. The highest BCUT2D eigenvalue weighted by Gasteiger charge is 2.33. The van der Waals surface area contributed by atoms with Crippen LogP contribution < -0.4 is 10.9 Å². The summed E-state index contributed by atoms with van der Waals surface area (Å²) in [6.45, 7) is 1.96. The second-order valence-electron chi connectivity index (χ2n) is 8.16. The Bertz CT molecular complexity index is 1180. The van der Waals surface area contributed by atoms with Gasteiger partial charge in [-0.3, -0.25) is 19.1 Å². The number of carbonyl (C=O) groups is 1. The first-order valence-electron chi connectivity index (χ1n) is 10.5. The Morgan fingerprint density at radius 3 is 2.73 bits per heavy atom. The molecule has 3 heterocycles. The fraction of sp³-hybridized carbons (Fsp3) is 0.364. The van der Waals surface area contributed by atoms with Crippen LogP contribution >= 0.6 is 0 Å². The van der Waals surface area contributed by atoms with Crippen molar-refractivity contribution in [1.82, 2.24) is 29.7 Å². The average Bonchev–Trinajstić information content (AvgIpc) is 3.30. The molecule has 0 spiro atoms. The van der Waals surface area contributed by atoms with Crippen molar-refractivity contribution >= 4 is 5.91 Å². The van der Waals surface area contributed by atoms with Gasteiger partial charge in [0.1, 0.15) is 17.9 Å². The largest absolute Gasteiger partial charge is 0.501 e. The summed E-state index contributed by atoms with van der Waals surface area (Å²) in [6.07, 6.45) is 2.92. The Morgan fingerprint density at radius 2 is 2.06 bits per heavy atom. The van der Waals surface area contributed by atoms with Gasteiger partial charge in [-0.1, -0.05) is 12.1 Å².